The van der Waals surface area contributed by atoms with Gasteiger partial charge in [0.15, 0.2) is 0 Å². The quantitative estimate of drug-likeness (QED) is 0.234. The van der Waals surface area contributed by atoms with Crippen LogP contribution in [0.1, 0.15) is 71.1 Å². The van der Waals surface area contributed by atoms with E-state index in [1.165, 1.54) is 57.8 Å². The van der Waals surface area contributed by atoms with Crippen molar-refractivity contribution >= 4 is 0 Å². The molecule has 0 spiro atoms. The number of rotatable bonds is 11. The highest BCUT2D eigenvalue weighted by Crippen LogP contribution is 2.06. The molecule has 0 aliphatic heterocycles. The topological polar surface area (TPSA) is 0 Å². The van der Waals surface area contributed by atoms with E-state index in [4.69, 9.17) is 0 Å². The summed E-state index contributed by atoms with van der Waals surface area (Å²) >= 11 is 0. The Morgan fingerprint density at radius 3 is 2.00 bits per heavy atom. The van der Waals surface area contributed by atoms with Crippen molar-refractivity contribution in [3.05, 3.63) is 30.5 Å². The summed E-state index contributed by atoms with van der Waals surface area (Å²) in [6.45, 7) is 5.82. The van der Waals surface area contributed by atoms with E-state index in [0.29, 0.717) is 0 Å². The predicted molar refractivity (Wildman–Crippen MR) is 74.7 cm³/mol. The van der Waals surface area contributed by atoms with Gasteiger partial charge in [0, 0.05) is 0 Å². The van der Waals surface area contributed by atoms with E-state index in [9.17, 15) is 0 Å². The third-order valence-corrected chi connectivity index (χ3v) is 2.75. The standard InChI is InChI=1S/C16H28/c1-3-5-7-9-11-13-15-16-14-12-10-8-6-4-2/h5,15-16H,1,4,6-14H2,2H3. The molecule has 0 bridgehead atoms. The maximum atomic E-state index is 3.56. The molecule has 0 aromatic heterocycles. The maximum absolute atomic E-state index is 3.56. The van der Waals surface area contributed by atoms with Gasteiger partial charge in [-0.1, -0.05) is 51.3 Å². The summed E-state index contributed by atoms with van der Waals surface area (Å²) in [7, 11) is 0. The second-order valence-electron chi connectivity index (χ2n) is 4.37. The second-order valence-corrected chi connectivity index (χ2v) is 4.37. The van der Waals surface area contributed by atoms with E-state index in [0.717, 1.165) is 6.42 Å². The van der Waals surface area contributed by atoms with Crippen LogP contribution >= 0.6 is 0 Å². The Balaban J connectivity index is 3.07. The van der Waals surface area contributed by atoms with Gasteiger partial charge in [-0.2, -0.15) is 0 Å². The largest absolute Gasteiger partial charge is 0.133 e. The molecule has 0 rings (SSSR count). The molecule has 0 aliphatic carbocycles. The fraction of sp³-hybridized carbons (Fsp3) is 0.688. The average Bonchev–Trinajstić information content (AvgIpc) is 2.31. The van der Waals surface area contributed by atoms with Crippen molar-refractivity contribution in [2.75, 3.05) is 0 Å². The molecule has 92 valence electrons. The first-order valence-electron chi connectivity index (χ1n) is 6.91. The van der Waals surface area contributed by atoms with Crippen LogP contribution in [-0.2, 0) is 0 Å². The summed E-state index contributed by atoms with van der Waals surface area (Å²) in [4.78, 5) is 0. The van der Waals surface area contributed by atoms with Crippen LogP contribution in [-0.4, -0.2) is 0 Å². The predicted octanol–water partition coefficient (Wildman–Crippen LogP) is 5.80. The Morgan fingerprint density at radius 2 is 1.38 bits per heavy atom. The smallest absolute Gasteiger partial charge is 0.0274 e. The Bertz CT molecular complexity index is 194. The lowest BCUT2D eigenvalue weighted by Gasteiger charge is -1.96. The van der Waals surface area contributed by atoms with E-state index >= 15 is 0 Å². The number of hydrogen-bond donors (Lipinski definition) is 0. The Labute approximate surface area is 102 Å². The normalized spacial score (nSPS) is 10.6. The lowest BCUT2D eigenvalue weighted by Crippen LogP contribution is -1.76. The summed E-state index contributed by atoms with van der Waals surface area (Å²) in [5.74, 6) is 0. The minimum Gasteiger partial charge on any atom is -0.133 e. The minimum atomic E-state index is 1.13. The highest BCUT2D eigenvalue weighted by Gasteiger charge is 1.87. The first-order chi connectivity index (χ1) is 7.91. The molecule has 0 heteroatoms. The molecule has 0 aromatic carbocycles. The van der Waals surface area contributed by atoms with Crippen LogP contribution in [0, 0.1) is 0 Å². The SMILES string of the molecule is C=C=CCCCCC=CCCCCCCC. The van der Waals surface area contributed by atoms with Gasteiger partial charge in [-0.25, -0.2) is 0 Å². The van der Waals surface area contributed by atoms with Crippen molar-refractivity contribution < 1.29 is 0 Å². The third-order valence-electron chi connectivity index (χ3n) is 2.75. The van der Waals surface area contributed by atoms with Crippen LogP contribution in [0.3, 0.4) is 0 Å². The highest BCUT2D eigenvalue weighted by molar-refractivity contribution is 4.82. The summed E-state index contributed by atoms with van der Waals surface area (Å²) in [5, 5.41) is 0. The van der Waals surface area contributed by atoms with Crippen molar-refractivity contribution in [1.82, 2.24) is 0 Å². The Morgan fingerprint density at radius 1 is 0.812 bits per heavy atom. The first-order valence-corrected chi connectivity index (χ1v) is 6.91. The van der Waals surface area contributed by atoms with E-state index in [1.54, 1.807) is 0 Å². The molecule has 16 heavy (non-hydrogen) atoms. The summed E-state index contributed by atoms with van der Waals surface area (Å²) in [6, 6.07) is 0. The molecule has 0 atom stereocenters. The van der Waals surface area contributed by atoms with Crippen LogP contribution in [0.2, 0.25) is 0 Å². The van der Waals surface area contributed by atoms with Gasteiger partial charge in [0.25, 0.3) is 0 Å². The molecule has 0 amide bonds. The van der Waals surface area contributed by atoms with Gasteiger partial charge in [-0.15, -0.1) is 5.73 Å². The van der Waals surface area contributed by atoms with Crippen molar-refractivity contribution in [2.45, 2.75) is 71.1 Å². The molecule has 0 nitrogen and oxygen atoms in total. The lowest BCUT2D eigenvalue weighted by atomic mass is 10.1. The molecule has 0 heterocycles. The first kappa shape index (κ1) is 15.3. The maximum Gasteiger partial charge on any atom is -0.0274 e. The number of allylic oxidation sites excluding steroid dienone is 3. The molecular formula is C16H28. The number of hydrogen-bond acceptors (Lipinski definition) is 0. The van der Waals surface area contributed by atoms with Crippen molar-refractivity contribution in [3.8, 4) is 0 Å². The molecule has 0 saturated heterocycles. The zero-order valence-corrected chi connectivity index (χ0v) is 11.0. The summed E-state index contributed by atoms with van der Waals surface area (Å²) in [6.07, 6.45) is 19.9. The monoisotopic (exact) mass is 220 g/mol. The second kappa shape index (κ2) is 14.3. The average molecular weight is 220 g/mol. The van der Waals surface area contributed by atoms with Gasteiger partial charge in [0.2, 0.25) is 0 Å². The zero-order chi connectivity index (χ0) is 11.9. The molecule has 0 aromatic rings. The van der Waals surface area contributed by atoms with Gasteiger partial charge < -0.3 is 0 Å². The van der Waals surface area contributed by atoms with Crippen LogP contribution in [0.15, 0.2) is 30.5 Å². The lowest BCUT2D eigenvalue weighted by molar-refractivity contribution is 0.636. The Kier molecular flexibility index (Phi) is 13.6. The van der Waals surface area contributed by atoms with Crippen LogP contribution in [0.25, 0.3) is 0 Å². The third kappa shape index (κ3) is 13.3. The van der Waals surface area contributed by atoms with Gasteiger partial charge >= 0.3 is 0 Å². The molecule has 0 saturated carbocycles. The summed E-state index contributed by atoms with van der Waals surface area (Å²) in [5.41, 5.74) is 2.81. The molecule has 0 unspecified atom stereocenters. The van der Waals surface area contributed by atoms with Crippen LogP contribution < -0.4 is 0 Å². The van der Waals surface area contributed by atoms with Crippen molar-refractivity contribution in [2.24, 2.45) is 0 Å². The minimum absolute atomic E-state index is 1.13. The van der Waals surface area contributed by atoms with Gasteiger partial charge in [-0.3, -0.25) is 0 Å². The van der Waals surface area contributed by atoms with E-state index in [2.05, 4.69) is 31.4 Å². The fourth-order valence-electron chi connectivity index (χ4n) is 1.71. The fourth-order valence-corrected chi connectivity index (χ4v) is 1.71. The van der Waals surface area contributed by atoms with Crippen LogP contribution in [0.4, 0.5) is 0 Å². The van der Waals surface area contributed by atoms with E-state index in [1.807, 2.05) is 6.08 Å². The van der Waals surface area contributed by atoms with E-state index < -0.39 is 0 Å². The molecule has 0 N–H and O–H groups in total. The van der Waals surface area contributed by atoms with E-state index in [-0.39, 0.29) is 0 Å². The zero-order valence-electron chi connectivity index (χ0n) is 11.0. The summed E-state index contributed by atoms with van der Waals surface area (Å²) < 4.78 is 0. The van der Waals surface area contributed by atoms with Crippen molar-refractivity contribution in [1.29, 1.82) is 0 Å². The van der Waals surface area contributed by atoms with Gasteiger partial charge in [-0.05, 0) is 44.6 Å². The van der Waals surface area contributed by atoms with Gasteiger partial charge in [0.05, 0.1) is 0 Å². The van der Waals surface area contributed by atoms with Gasteiger partial charge in [0.1, 0.15) is 0 Å². The molecule has 0 fully saturated rings. The highest BCUT2D eigenvalue weighted by atomic mass is 13.9. The molecule has 0 radical (unpaired) electrons. The molecular weight excluding hydrogens is 192 g/mol. The van der Waals surface area contributed by atoms with Crippen LogP contribution in [0.5, 0.6) is 0 Å². The Hall–Kier alpha value is -0.740. The molecule has 0 aliphatic rings. The van der Waals surface area contributed by atoms with Crippen molar-refractivity contribution in [3.63, 3.8) is 0 Å². The number of unbranched alkanes of at least 4 members (excludes halogenated alkanes) is 8.